The summed E-state index contributed by atoms with van der Waals surface area (Å²) < 4.78 is 56.3. The van der Waals surface area contributed by atoms with E-state index in [4.69, 9.17) is 5.26 Å². The molecular weight excluding hydrogens is 322 g/mol. The summed E-state index contributed by atoms with van der Waals surface area (Å²) in [4.78, 5) is 0. The first-order chi connectivity index (χ1) is 11.2. The number of aliphatic hydroxyl groups is 1. The summed E-state index contributed by atoms with van der Waals surface area (Å²) in [6, 6.07) is 8.23. The van der Waals surface area contributed by atoms with Crippen molar-refractivity contribution in [2.75, 3.05) is 0 Å². The molecule has 2 aliphatic carbocycles. The molecule has 4 rings (SSSR count). The summed E-state index contributed by atoms with van der Waals surface area (Å²) in [7, 11) is 0. The molecule has 0 aromatic heterocycles. The van der Waals surface area contributed by atoms with E-state index in [2.05, 4.69) is 0 Å². The smallest absolute Gasteiger partial charge is 0.284 e. The van der Waals surface area contributed by atoms with Crippen molar-refractivity contribution in [2.45, 2.75) is 30.5 Å². The van der Waals surface area contributed by atoms with Crippen molar-refractivity contribution in [3.8, 4) is 17.2 Å². The molecule has 122 valence electrons. The molecule has 0 bridgehead atoms. The quantitative estimate of drug-likeness (QED) is 0.797. The predicted molar refractivity (Wildman–Crippen MR) is 77.6 cm³/mol. The van der Waals surface area contributed by atoms with Crippen molar-refractivity contribution in [2.24, 2.45) is 0 Å². The lowest BCUT2D eigenvalue weighted by Crippen LogP contribution is -2.40. The number of hydrogen-bond acceptors (Lipinski definition) is 2. The average molecular weight is 333 g/mol. The summed E-state index contributed by atoms with van der Waals surface area (Å²) in [6.45, 7) is 0. The van der Waals surface area contributed by atoms with Crippen LogP contribution in [0.5, 0.6) is 0 Å². The molecule has 0 saturated heterocycles. The summed E-state index contributed by atoms with van der Waals surface area (Å²) in [5.41, 5.74) is -1.59. The molecule has 2 atom stereocenters. The van der Waals surface area contributed by atoms with Crippen LogP contribution in [0.4, 0.5) is 17.6 Å². The van der Waals surface area contributed by atoms with Gasteiger partial charge in [-0.15, -0.1) is 0 Å². The molecular formula is C18H11F4NO. The van der Waals surface area contributed by atoms with Crippen LogP contribution in [0.25, 0.3) is 11.1 Å². The van der Waals surface area contributed by atoms with Gasteiger partial charge in [0.1, 0.15) is 12.0 Å². The number of benzene rings is 2. The van der Waals surface area contributed by atoms with Crippen LogP contribution in [0.3, 0.4) is 0 Å². The highest BCUT2D eigenvalue weighted by atomic mass is 19.3. The van der Waals surface area contributed by atoms with Gasteiger partial charge in [-0.25, -0.2) is 17.6 Å². The molecule has 2 nitrogen and oxygen atoms in total. The second kappa shape index (κ2) is 4.58. The van der Waals surface area contributed by atoms with Crippen molar-refractivity contribution < 1.29 is 22.7 Å². The third kappa shape index (κ3) is 1.85. The molecule has 1 N–H and O–H groups in total. The zero-order valence-corrected chi connectivity index (χ0v) is 12.3. The van der Waals surface area contributed by atoms with Gasteiger partial charge in [0.05, 0.1) is 11.6 Å². The van der Waals surface area contributed by atoms with Crippen molar-refractivity contribution in [3.63, 3.8) is 0 Å². The highest BCUT2D eigenvalue weighted by Crippen LogP contribution is 2.60. The Morgan fingerprint density at radius 2 is 1.83 bits per heavy atom. The standard InChI is InChI=1S/C18H11F4NO/c19-13-2-9(8-23)1-10(4-13)11-3-12-6-18(21,22)17(24)7-15(20)14(5-11)16(12)17/h1-5,15,24H,6-7H2/t15-,17+/m1/s1. The van der Waals surface area contributed by atoms with Gasteiger partial charge >= 0.3 is 0 Å². The van der Waals surface area contributed by atoms with Gasteiger partial charge in [-0.05, 0) is 52.1 Å². The summed E-state index contributed by atoms with van der Waals surface area (Å²) in [5.74, 6) is -4.08. The van der Waals surface area contributed by atoms with Crippen LogP contribution in [0.15, 0.2) is 30.3 Å². The predicted octanol–water partition coefficient (Wildman–Crippen LogP) is 4.16. The Hall–Kier alpha value is -2.39. The molecule has 0 fully saturated rings. The SMILES string of the molecule is N#Cc1cc(F)cc(-c2cc3c4c(c2)[C@H](F)C[C@@]4(O)C(F)(F)C3)c1. The summed E-state index contributed by atoms with van der Waals surface area (Å²) >= 11 is 0. The van der Waals surface area contributed by atoms with Crippen LogP contribution in [-0.2, 0) is 12.0 Å². The largest absolute Gasteiger partial charge is 0.379 e. The van der Waals surface area contributed by atoms with Gasteiger partial charge in [-0.1, -0.05) is 6.07 Å². The molecule has 2 aromatic carbocycles. The Kier molecular flexibility index (Phi) is 2.89. The Labute approximate surface area is 135 Å². The lowest BCUT2D eigenvalue weighted by Gasteiger charge is -2.26. The summed E-state index contributed by atoms with van der Waals surface area (Å²) in [6.07, 6.45) is -3.08. The van der Waals surface area contributed by atoms with E-state index < -0.39 is 36.4 Å². The molecule has 0 spiro atoms. The van der Waals surface area contributed by atoms with Crippen LogP contribution in [0, 0.1) is 17.1 Å². The fraction of sp³-hybridized carbons (Fsp3) is 0.278. The number of rotatable bonds is 1. The minimum absolute atomic E-state index is 0.0185. The fourth-order valence-electron chi connectivity index (χ4n) is 3.79. The third-order valence-electron chi connectivity index (χ3n) is 4.85. The average Bonchev–Trinajstić information content (AvgIpc) is 2.89. The zero-order chi connectivity index (χ0) is 17.3. The zero-order valence-electron chi connectivity index (χ0n) is 12.3. The van der Waals surface area contributed by atoms with E-state index in [0.717, 1.165) is 12.1 Å². The third-order valence-corrected chi connectivity index (χ3v) is 4.85. The van der Waals surface area contributed by atoms with Crippen LogP contribution in [0.2, 0.25) is 0 Å². The van der Waals surface area contributed by atoms with E-state index >= 15 is 0 Å². The molecule has 2 aromatic rings. The van der Waals surface area contributed by atoms with E-state index in [1.165, 1.54) is 18.2 Å². The van der Waals surface area contributed by atoms with Crippen molar-refractivity contribution >= 4 is 0 Å². The fourth-order valence-corrected chi connectivity index (χ4v) is 3.79. The normalized spacial score (nSPS) is 26.2. The lowest BCUT2D eigenvalue weighted by molar-refractivity contribution is -0.178. The molecule has 0 amide bonds. The molecule has 0 radical (unpaired) electrons. The van der Waals surface area contributed by atoms with E-state index in [9.17, 15) is 22.7 Å². The first-order valence-corrected chi connectivity index (χ1v) is 7.38. The highest BCUT2D eigenvalue weighted by molar-refractivity contribution is 5.70. The van der Waals surface area contributed by atoms with Crippen LogP contribution < -0.4 is 0 Å². The highest BCUT2D eigenvalue weighted by Gasteiger charge is 2.64. The van der Waals surface area contributed by atoms with E-state index in [-0.39, 0.29) is 22.3 Å². The minimum atomic E-state index is -3.44. The van der Waals surface area contributed by atoms with E-state index in [1.807, 2.05) is 6.07 Å². The van der Waals surface area contributed by atoms with Gasteiger partial charge in [-0.3, -0.25) is 0 Å². The van der Waals surface area contributed by atoms with Gasteiger partial charge in [0.2, 0.25) is 0 Å². The van der Waals surface area contributed by atoms with Crippen LogP contribution in [-0.4, -0.2) is 11.0 Å². The maximum atomic E-state index is 14.3. The molecule has 0 aliphatic heterocycles. The van der Waals surface area contributed by atoms with Gasteiger partial charge in [0.15, 0.2) is 5.60 Å². The molecule has 6 heteroatoms. The summed E-state index contributed by atoms with van der Waals surface area (Å²) in [5, 5.41) is 19.2. The molecule has 0 heterocycles. The van der Waals surface area contributed by atoms with Crippen LogP contribution >= 0.6 is 0 Å². The Bertz CT molecular complexity index is 918. The molecule has 0 saturated carbocycles. The number of alkyl halides is 3. The lowest BCUT2D eigenvalue weighted by atomic mass is 9.94. The van der Waals surface area contributed by atoms with Gasteiger partial charge in [0.25, 0.3) is 5.92 Å². The maximum Gasteiger partial charge on any atom is 0.284 e. The minimum Gasteiger partial charge on any atom is -0.379 e. The Morgan fingerprint density at radius 1 is 1.12 bits per heavy atom. The van der Waals surface area contributed by atoms with Crippen molar-refractivity contribution in [1.29, 1.82) is 5.26 Å². The number of hydrogen-bond donors (Lipinski definition) is 1. The first-order valence-electron chi connectivity index (χ1n) is 7.38. The molecule has 2 aliphatic rings. The second-order valence-electron chi connectivity index (χ2n) is 6.35. The van der Waals surface area contributed by atoms with E-state index in [0.29, 0.717) is 11.1 Å². The monoisotopic (exact) mass is 333 g/mol. The first kappa shape index (κ1) is 15.2. The topological polar surface area (TPSA) is 44.0 Å². The van der Waals surface area contributed by atoms with Gasteiger partial charge in [-0.2, -0.15) is 5.26 Å². The van der Waals surface area contributed by atoms with Crippen LogP contribution in [0.1, 0.15) is 34.8 Å². The van der Waals surface area contributed by atoms with Crippen molar-refractivity contribution in [1.82, 2.24) is 0 Å². The van der Waals surface area contributed by atoms with Gasteiger partial charge < -0.3 is 5.11 Å². The maximum absolute atomic E-state index is 14.3. The number of nitrogens with zero attached hydrogens (tertiary/aromatic N) is 1. The second-order valence-corrected chi connectivity index (χ2v) is 6.35. The van der Waals surface area contributed by atoms with Crippen molar-refractivity contribution in [3.05, 3.63) is 58.4 Å². The number of halogens is 4. The Balaban J connectivity index is 1.94. The van der Waals surface area contributed by atoms with E-state index in [1.54, 1.807) is 0 Å². The molecule has 0 unspecified atom stereocenters. The number of nitriles is 1. The Morgan fingerprint density at radius 3 is 2.54 bits per heavy atom. The molecule has 24 heavy (non-hydrogen) atoms. The van der Waals surface area contributed by atoms with Gasteiger partial charge in [0, 0.05) is 12.8 Å².